The van der Waals surface area contributed by atoms with Crippen LogP contribution < -0.4 is 10.6 Å². The first-order valence-corrected chi connectivity index (χ1v) is 5.28. The Morgan fingerprint density at radius 1 is 1.40 bits per heavy atom. The molecule has 0 fully saturated rings. The topological polar surface area (TPSA) is 41.1 Å². The molecule has 0 atom stereocenters. The van der Waals surface area contributed by atoms with Crippen LogP contribution in [0.5, 0.6) is 0 Å². The quantitative estimate of drug-likeness (QED) is 0.846. The number of benzene rings is 1. The lowest BCUT2D eigenvalue weighted by atomic mass is 10.1. The smallest absolute Gasteiger partial charge is 0.314 e. The van der Waals surface area contributed by atoms with Crippen LogP contribution in [0.4, 0.5) is 4.79 Å². The van der Waals surface area contributed by atoms with Crippen molar-refractivity contribution in [2.24, 2.45) is 0 Å². The summed E-state index contributed by atoms with van der Waals surface area (Å²) >= 11 is 11.7. The summed E-state index contributed by atoms with van der Waals surface area (Å²) in [6.45, 7) is 0.543. The molecule has 0 heterocycles. The molecule has 2 N–H and O–H groups in total. The van der Waals surface area contributed by atoms with Gasteiger partial charge in [0.2, 0.25) is 0 Å². The largest absolute Gasteiger partial charge is 0.341 e. The highest BCUT2D eigenvalue weighted by Gasteiger charge is 2.01. The SMILES string of the molecule is CNC(=O)NCCc1ccc(Cl)cc1Cl. The van der Waals surface area contributed by atoms with Gasteiger partial charge in [-0.2, -0.15) is 0 Å². The molecule has 2 amide bonds. The number of rotatable bonds is 3. The van der Waals surface area contributed by atoms with Gasteiger partial charge in [-0.1, -0.05) is 29.3 Å². The summed E-state index contributed by atoms with van der Waals surface area (Å²) < 4.78 is 0. The van der Waals surface area contributed by atoms with Gasteiger partial charge in [0.1, 0.15) is 0 Å². The molecule has 0 radical (unpaired) electrons. The van der Waals surface area contributed by atoms with E-state index in [1.165, 1.54) is 0 Å². The van der Waals surface area contributed by atoms with Crippen molar-refractivity contribution in [1.29, 1.82) is 0 Å². The predicted octanol–water partition coefficient (Wildman–Crippen LogP) is 2.46. The number of carbonyl (C=O) groups excluding carboxylic acids is 1. The monoisotopic (exact) mass is 246 g/mol. The highest BCUT2D eigenvalue weighted by Crippen LogP contribution is 2.20. The van der Waals surface area contributed by atoms with E-state index < -0.39 is 0 Å². The predicted molar refractivity (Wildman–Crippen MR) is 62.6 cm³/mol. The Hall–Kier alpha value is -0.930. The highest BCUT2D eigenvalue weighted by atomic mass is 35.5. The van der Waals surface area contributed by atoms with Crippen molar-refractivity contribution in [3.05, 3.63) is 33.8 Å². The van der Waals surface area contributed by atoms with Gasteiger partial charge in [-0.3, -0.25) is 0 Å². The molecule has 3 nitrogen and oxygen atoms in total. The lowest BCUT2D eigenvalue weighted by molar-refractivity contribution is 0.243. The minimum atomic E-state index is -0.194. The van der Waals surface area contributed by atoms with E-state index in [4.69, 9.17) is 23.2 Å². The lowest BCUT2D eigenvalue weighted by Gasteiger charge is -2.06. The number of nitrogens with one attached hydrogen (secondary N) is 2. The van der Waals surface area contributed by atoms with Gasteiger partial charge in [0, 0.05) is 23.6 Å². The molecule has 0 saturated heterocycles. The number of carbonyl (C=O) groups is 1. The number of hydrogen-bond acceptors (Lipinski definition) is 1. The van der Waals surface area contributed by atoms with Crippen molar-refractivity contribution in [2.75, 3.05) is 13.6 Å². The maximum Gasteiger partial charge on any atom is 0.314 e. The van der Waals surface area contributed by atoms with Gasteiger partial charge >= 0.3 is 6.03 Å². The molecule has 15 heavy (non-hydrogen) atoms. The van der Waals surface area contributed by atoms with E-state index in [2.05, 4.69) is 10.6 Å². The van der Waals surface area contributed by atoms with E-state index in [0.717, 1.165) is 5.56 Å². The Morgan fingerprint density at radius 2 is 2.13 bits per heavy atom. The van der Waals surface area contributed by atoms with Crippen LogP contribution in [0, 0.1) is 0 Å². The first-order chi connectivity index (χ1) is 7.13. The molecule has 82 valence electrons. The van der Waals surface area contributed by atoms with E-state index in [9.17, 15) is 4.79 Å². The molecule has 0 saturated carbocycles. The van der Waals surface area contributed by atoms with Crippen LogP contribution in [0.3, 0.4) is 0 Å². The summed E-state index contributed by atoms with van der Waals surface area (Å²) in [4.78, 5) is 10.9. The first kappa shape index (κ1) is 12.1. The first-order valence-electron chi connectivity index (χ1n) is 4.53. The van der Waals surface area contributed by atoms with Crippen molar-refractivity contribution >= 4 is 29.2 Å². The third-order valence-electron chi connectivity index (χ3n) is 1.92. The average Bonchev–Trinajstić information content (AvgIpc) is 2.21. The van der Waals surface area contributed by atoms with Crippen LogP contribution in [-0.2, 0) is 6.42 Å². The molecule has 0 aromatic heterocycles. The van der Waals surface area contributed by atoms with Gasteiger partial charge in [0.05, 0.1) is 0 Å². The van der Waals surface area contributed by atoms with E-state index in [1.807, 2.05) is 6.07 Å². The van der Waals surface area contributed by atoms with E-state index in [-0.39, 0.29) is 6.03 Å². The van der Waals surface area contributed by atoms with Crippen LogP contribution in [0.15, 0.2) is 18.2 Å². The molecular weight excluding hydrogens is 235 g/mol. The fraction of sp³-hybridized carbons (Fsp3) is 0.300. The van der Waals surface area contributed by atoms with Crippen LogP contribution in [-0.4, -0.2) is 19.6 Å². The summed E-state index contributed by atoms with van der Waals surface area (Å²) in [6.07, 6.45) is 0.684. The minimum absolute atomic E-state index is 0.194. The molecule has 5 heteroatoms. The Morgan fingerprint density at radius 3 is 2.73 bits per heavy atom. The van der Waals surface area contributed by atoms with Gasteiger partial charge in [-0.15, -0.1) is 0 Å². The average molecular weight is 247 g/mol. The standard InChI is InChI=1S/C10H12Cl2N2O/c1-13-10(15)14-5-4-7-2-3-8(11)6-9(7)12/h2-3,6H,4-5H2,1H3,(H2,13,14,15). The third-order valence-corrected chi connectivity index (χ3v) is 2.51. The summed E-state index contributed by atoms with van der Waals surface area (Å²) in [5.74, 6) is 0. The van der Waals surface area contributed by atoms with Crippen molar-refractivity contribution in [2.45, 2.75) is 6.42 Å². The number of amides is 2. The molecule has 0 bridgehead atoms. The maximum atomic E-state index is 10.9. The normalized spacial score (nSPS) is 9.80. The zero-order valence-corrected chi connectivity index (χ0v) is 9.82. The van der Waals surface area contributed by atoms with Gasteiger partial charge in [0.15, 0.2) is 0 Å². The second-order valence-electron chi connectivity index (χ2n) is 2.99. The summed E-state index contributed by atoms with van der Waals surface area (Å²) in [6, 6.07) is 5.14. The summed E-state index contributed by atoms with van der Waals surface area (Å²) in [7, 11) is 1.57. The van der Waals surface area contributed by atoms with Crippen molar-refractivity contribution in [3.8, 4) is 0 Å². The second kappa shape index (κ2) is 5.83. The number of hydrogen-bond donors (Lipinski definition) is 2. The molecule has 1 aromatic carbocycles. The molecule has 0 aliphatic heterocycles. The molecule has 0 aliphatic carbocycles. The molecule has 1 rings (SSSR count). The lowest BCUT2D eigenvalue weighted by Crippen LogP contribution is -2.34. The van der Waals surface area contributed by atoms with Crippen LogP contribution in [0.25, 0.3) is 0 Å². The Balaban J connectivity index is 2.47. The fourth-order valence-corrected chi connectivity index (χ4v) is 1.63. The molecule has 0 spiro atoms. The van der Waals surface area contributed by atoms with Crippen LogP contribution in [0.2, 0.25) is 10.0 Å². The summed E-state index contributed by atoms with van der Waals surface area (Å²) in [5, 5.41) is 6.39. The minimum Gasteiger partial charge on any atom is -0.341 e. The summed E-state index contributed by atoms with van der Waals surface area (Å²) in [5.41, 5.74) is 0.970. The molecule has 0 aliphatic rings. The maximum absolute atomic E-state index is 10.9. The Bertz CT molecular complexity index is 355. The van der Waals surface area contributed by atoms with Crippen LogP contribution in [0.1, 0.15) is 5.56 Å². The third kappa shape index (κ3) is 3.98. The van der Waals surface area contributed by atoms with Gasteiger partial charge in [-0.25, -0.2) is 4.79 Å². The van der Waals surface area contributed by atoms with Gasteiger partial charge in [-0.05, 0) is 24.1 Å². The Kier molecular flexibility index (Phi) is 4.72. The zero-order chi connectivity index (χ0) is 11.3. The second-order valence-corrected chi connectivity index (χ2v) is 3.84. The highest BCUT2D eigenvalue weighted by molar-refractivity contribution is 6.35. The van der Waals surface area contributed by atoms with Crippen molar-refractivity contribution in [1.82, 2.24) is 10.6 Å². The number of urea groups is 1. The zero-order valence-electron chi connectivity index (χ0n) is 8.31. The fourth-order valence-electron chi connectivity index (χ4n) is 1.12. The van der Waals surface area contributed by atoms with Crippen LogP contribution >= 0.6 is 23.2 Å². The van der Waals surface area contributed by atoms with Crippen molar-refractivity contribution < 1.29 is 4.79 Å². The van der Waals surface area contributed by atoms with E-state index >= 15 is 0 Å². The van der Waals surface area contributed by atoms with Gasteiger partial charge in [0.25, 0.3) is 0 Å². The molecule has 0 unspecified atom stereocenters. The number of halogens is 2. The molecule has 1 aromatic rings. The van der Waals surface area contributed by atoms with Crippen molar-refractivity contribution in [3.63, 3.8) is 0 Å². The van der Waals surface area contributed by atoms with Gasteiger partial charge < -0.3 is 10.6 Å². The van der Waals surface area contributed by atoms with E-state index in [1.54, 1.807) is 19.2 Å². The van der Waals surface area contributed by atoms with E-state index in [0.29, 0.717) is 23.0 Å². The Labute approximate surface area is 98.8 Å². The molecular formula is C10H12Cl2N2O.